The molecule has 0 aliphatic rings. The van der Waals surface area contributed by atoms with Crippen molar-refractivity contribution in [1.29, 1.82) is 0 Å². The van der Waals surface area contributed by atoms with E-state index < -0.39 is 0 Å². The first kappa shape index (κ1) is 13.5. The predicted octanol–water partition coefficient (Wildman–Crippen LogP) is 2.62. The number of aromatic nitrogens is 5. The summed E-state index contributed by atoms with van der Waals surface area (Å²) in [7, 11) is 0. The maximum atomic E-state index is 5.95. The van der Waals surface area contributed by atoms with E-state index in [0.717, 1.165) is 17.0 Å². The van der Waals surface area contributed by atoms with Crippen molar-refractivity contribution in [3.8, 4) is 5.95 Å². The first-order chi connectivity index (χ1) is 10.1. The second-order valence-electron chi connectivity index (χ2n) is 4.61. The van der Waals surface area contributed by atoms with Crippen LogP contribution in [0.1, 0.15) is 17.0 Å². The van der Waals surface area contributed by atoms with Gasteiger partial charge in [-0.1, -0.05) is 23.7 Å². The van der Waals surface area contributed by atoms with Crippen LogP contribution in [0.4, 0.5) is 0 Å². The van der Waals surface area contributed by atoms with E-state index in [4.69, 9.17) is 11.6 Å². The van der Waals surface area contributed by atoms with Crippen LogP contribution >= 0.6 is 11.6 Å². The number of hydrogen-bond acceptors (Lipinski definition) is 4. The molecule has 0 atom stereocenters. The van der Waals surface area contributed by atoms with E-state index in [-0.39, 0.29) is 0 Å². The molecule has 7 heteroatoms. The molecule has 0 amide bonds. The van der Waals surface area contributed by atoms with Crippen molar-refractivity contribution < 1.29 is 0 Å². The van der Waals surface area contributed by atoms with E-state index in [1.165, 1.54) is 6.33 Å². The summed E-state index contributed by atoms with van der Waals surface area (Å²) in [5.74, 6) is 0.541. The Hall–Kier alpha value is -2.47. The van der Waals surface area contributed by atoms with Gasteiger partial charge in [0.15, 0.2) is 0 Å². The van der Waals surface area contributed by atoms with Crippen molar-refractivity contribution in [3.63, 3.8) is 0 Å². The lowest BCUT2D eigenvalue weighted by Crippen LogP contribution is -2.06. The molecule has 1 aromatic carbocycles. The van der Waals surface area contributed by atoms with Gasteiger partial charge in [0.25, 0.3) is 5.95 Å². The van der Waals surface area contributed by atoms with Gasteiger partial charge in [-0.25, -0.2) is 4.68 Å². The van der Waals surface area contributed by atoms with Gasteiger partial charge in [-0.3, -0.25) is 0 Å². The molecule has 0 aliphatic carbocycles. The summed E-state index contributed by atoms with van der Waals surface area (Å²) in [5.41, 5.74) is 2.79. The van der Waals surface area contributed by atoms with Crippen LogP contribution in [0.15, 0.2) is 41.8 Å². The van der Waals surface area contributed by atoms with Gasteiger partial charge in [-0.15, -0.1) is 10.2 Å². The van der Waals surface area contributed by atoms with Crippen molar-refractivity contribution >= 4 is 17.8 Å². The lowest BCUT2D eigenvalue weighted by atomic mass is 10.2. The Morgan fingerprint density at radius 3 is 2.81 bits per heavy atom. The third kappa shape index (κ3) is 2.85. The predicted molar refractivity (Wildman–Crippen MR) is 81.1 cm³/mol. The lowest BCUT2D eigenvalue weighted by Gasteiger charge is -2.02. The van der Waals surface area contributed by atoms with E-state index in [2.05, 4.69) is 20.4 Å². The van der Waals surface area contributed by atoms with E-state index >= 15 is 0 Å². The van der Waals surface area contributed by atoms with Gasteiger partial charge < -0.3 is 0 Å². The largest absolute Gasteiger partial charge is 0.273 e. The highest BCUT2D eigenvalue weighted by Crippen LogP contribution is 2.11. The molecular formula is C14H13ClN6. The van der Waals surface area contributed by atoms with Gasteiger partial charge in [0.05, 0.1) is 11.9 Å². The number of rotatable bonds is 3. The minimum Gasteiger partial charge on any atom is -0.202 e. The summed E-state index contributed by atoms with van der Waals surface area (Å²) in [6.07, 6.45) is 3.23. The van der Waals surface area contributed by atoms with Crippen LogP contribution in [-0.2, 0) is 0 Å². The molecule has 0 saturated carbocycles. The number of halogens is 1. The summed E-state index contributed by atoms with van der Waals surface area (Å²) in [4.78, 5) is 0. The molecular weight excluding hydrogens is 288 g/mol. The van der Waals surface area contributed by atoms with Crippen LogP contribution in [0, 0.1) is 13.8 Å². The summed E-state index contributed by atoms with van der Waals surface area (Å²) in [6.45, 7) is 3.89. The summed E-state index contributed by atoms with van der Waals surface area (Å²) < 4.78 is 3.28. The monoisotopic (exact) mass is 300 g/mol. The summed E-state index contributed by atoms with van der Waals surface area (Å²) >= 11 is 5.95. The van der Waals surface area contributed by atoms with Crippen LogP contribution in [-0.4, -0.2) is 30.9 Å². The molecule has 0 N–H and O–H groups in total. The highest BCUT2D eigenvalue weighted by Gasteiger charge is 2.10. The Labute approximate surface area is 126 Å². The topological polar surface area (TPSA) is 60.9 Å². The van der Waals surface area contributed by atoms with Crippen molar-refractivity contribution in [1.82, 2.24) is 24.7 Å². The standard InChI is InChI=1S/C14H13ClN6/c1-10-6-11(2)21(19-10)14-18-16-9-20(14)17-8-12-4-3-5-13(15)7-12/h3-9H,1-2H3/b17-8-. The van der Waals surface area contributed by atoms with Gasteiger partial charge >= 0.3 is 0 Å². The number of aryl methyl sites for hydroxylation is 2. The van der Waals surface area contributed by atoms with Gasteiger partial charge in [-0.2, -0.15) is 14.9 Å². The van der Waals surface area contributed by atoms with Crippen LogP contribution in [0.2, 0.25) is 5.02 Å². The highest BCUT2D eigenvalue weighted by atomic mass is 35.5. The first-order valence-electron chi connectivity index (χ1n) is 6.37. The van der Waals surface area contributed by atoms with Crippen molar-refractivity contribution in [3.05, 3.63) is 58.6 Å². The third-order valence-electron chi connectivity index (χ3n) is 2.89. The Kier molecular flexibility index (Phi) is 3.53. The molecule has 0 fully saturated rings. The average Bonchev–Trinajstić information content (AvgIpc) is 3.02. The SMILES string of the molecule is Cc1cc(C)n(-c2nncn2/N=C\c2cccc(Cl)c2)n1. The molecule has 0 aliphatic heterocycles. The number of hydrogen-bond donors (Lipinski definition) is 0. The average molecular weight is 301 g/mol. The van der Waals surface area contributed by atoms with Gasteiger partial charge in [-0.05, 0) is 37.6 Å². The van der Waals surface area contributed by atoms with Crippen molar-refractivity contribution in [2.75, 3.05) is 0 Å². The van der Waals surface area contributed by atoms with Crippen molar-refractivity contribution in [2.45, 2.75) is 13.8 Å². The smallest absolute Gasteiger partial charge is 0.202 e. The Balaban J connectivity index is 1.94. The molecule has 3 aromatic rings. The Bertz CT molecular complexity index is 801. The normalized spacial score (nSPS) is 11.4. The second kappa shape index (κ2) is 5.49. The molecule has 0 unspecified atom stereocenters. The summed E-state index contributed by atoms with van der Waals surface area (Å²) in [6, 6.07) is 9.41. The fraction of sp³-hybridized carbons (Fsp3) is 0.143. The van der Waals surface area contributed by atoms with Crippen LogP contribution in [0.5, 0.6) is 0 Å². The molecule has 0 saturated heterocycles. The van der Waals surface area contributed by atoms with E-state index in [1.807, 2.05) is 44.2 Å². The first-order valence-corrected chi connectivity index (χ1v) is 6.75. The van der Waals surface area contributed by atoms with Gasteiger partial charge in [0.2, 0.25) is 0 Å². The molecule has 21 heavy (non-hydrogen) atoms. The molecule has 0 radical (unpaired) electrons. The van der Waals surface area contributed by atoms with Crippen LogP contribution in [0.25, 0.3) is 5.95 Å². The minimum atomic E-state index is 0.541. The van der Waals surface area contributed by atoms with E-state index in [1.54, 1.807) is 15.6 Å². The van der Waals surface area contributed by atoms with E-state index in [9.17, 15) is 0 Å². The maximum Gasteiger partial charge on any atom is 0.273 e. The zero-order valence-electron chi connectivity index (χ0n) is 11.6. The molecule has 0 bridgehead atoms. The Morgan fingerprint density at radius 1 is 1.24 bits per heavy atom. The fourth-order valence-electron chi connectivity index (χ4n) is 1.99. The second-order valence-corrected chi connectivity index (χ2v) is 5.05. The molecule has 3 rings (SSSR count). The quantitative estimate of drug-likeness (QED) is 0.699. The number of benzene rings is 1. The fourth-order valence-corrected chi connectivity index (χ4v) is 2.19. The van der Waals surface area contributed by atoms with Crippen LogP contribution in [0.3, 0.4) is 0 Å². The van der Waals surface area contributed by atoms with E-state index in [0.29, 0.717) is 11.0 Å². The molecule has 6 nitrogen and oxygen atoms in total. The zero-order chi connectivity index (χ0) is 14.8. The van der Waals surface area contributed by atoms with Gasteiger partial charge in [0, 0.05) is 10.7 Å². The maximum absolute atomic E-state index is 5.95. The lowest BCUT2D eigenvalue weighted by molar-refractivity contribution is 0.717. The summed E-state index contributed by atoms with van der Waals surface area (Å²) in [5, 5.41) is 17.4. The molecule has 0 spiro atoms. The molecule has 2 aromatic heterocycles. The zero-order valence-corrected chi connectivity index (χ0v) is 12.4. The molecule has 2 heterocycles. The highest BCUT2D eigenvalue weighted by molar-refractivity contribution is 6.30. The number of nitrogens with zero attached hydrogens (tertiary/aromatic N) is 6. The Morgan fingerprint density at radius 2 is 2.10 bits per heavy atom. The van der Waals surface area contributed by atoms with Crippen LogP contribution < -0.4 is 0 Å². The molecule has 106 valence electrons. The van der Waals surface area contributed by atoms with Crippen molar-refractivity contribution in [2.24, 2.45) is 5.10 Å². The van der Waals surface area contributed by atoms with Gasteiger partial charge in [0.1, 0.15) is 6.33 Å². The minimum absolute atomic E-state index is 0.541. The third-order valence-corrected chi connectivity index (χ3v) is 3.13.